The molecule has 0 aromatic heterocycles. The molecule has 0 spiro atoms. The Hall–Kier alpha value is -3.68. The van der Waals surface area contributed by atoms with E-state index in [9.17, 15) is 0 Å². The first-order chi connectivity index (χ1) is 13.9. The summed E-state index contributed by atoms with van der Waals surface area (Å²) in [6.45, 7) is 2.10. The lowest BCUT2D eigenvalue weighted by Gasteiger charge is -2.41. The van der Waals surface area contributed by atoms with Gasteiger partial charge in [-0.1, -0.05) is 19.1 Å². The van der Waals surface area contributed by atoms with Crippen LogP contribution in [-0.4, -0.2) is 0 Å². The molecule has 2 atom stereocenters. The number of hydrogen-bond donors (Lipinski definition) is 4. The summed E-state index contributed by atoms with van der Waals surface area (Å²) < 4.78 is 0. The number of nitrogens with zero attached hydrogens (tertiary/aromatic N) is 4. The molecule has 2 aliphatic heterocycles. The third-order valence-electron chi connectivity index (χ3n) is 5.81. The minimum absolute atomic E-state index is 0.147. The molecule has 2 heterocycles. The predicted molar refractivity (Wildman–Crippen MR) is 116 cm³/mol. The molecule has 2 aromatic carbocycles. The van der Waals surface area contributed by atoms with Crippen molar-refractivity contribution in [2.24, 2.45) is 26.4 Å². The summed E-state index contributed by atoms with van der Waals surface area (Å²) in [6.07, 6.45) is 8.11. The maximum atomic E-state index is 6.12. The van der Waals surface area contributed by atoms with Gasteiger partial charge in [0.2, 0.25) is 0 Å². The number of hydrogen-bond acceptors (Lipinski definition) is 8. The largest absolute Gasteiger partial charge is 0.397 e. The van der Waals surface area contributed by atoms with E-state index < -0.39 is 11.1 Å². The van der Waals surface area contributed by atoms with Crippen LogP contribution in [-0.2, 0) is 11.1 Å². The van der Waals surface area contributed by atoms with Crippen LogP contribution in [0, 0.1) is 5.92 Å². The van der Waals surface area contributed by atoms with Crippen LogP contribution in [0.5, 0.6) is 0 Å². The zero-order valence-electron chi connectivity index (χ0n) is 16.2. The fourth-order valence-electron chi connectivity index (χ4n) is 4.31. The van der Waals surface area contributed by atoms with Crippen molar-refractivity contribution < 1.29 is 0 Å². The topological polar surface area (TPSA) is 154 Å². The first-order valence-electron chi connectivity index (χ1n) is 9.43. The van der Waals surface area contributed by atoms with Gasteiger partial charge in [0.15, 0.2) is 0 Å². The molecule has 148 valence electrons. The van der Waals surface area contributed by atoms with E-state index in [1.165, 1.54) is 0 Å². The molecule has 0 amide bonds. The van der Waals surface area contributed by atoms with Crippen molar-refractivity contribution in [3.63, 3.8) is 0 Å². The van der Waals surface area contributed by atoms with E-state index in [1.54, 1.807) is 24.5 Å². The Morgan fingerprint density at radius 2 is 1.17 bits per heavy atom. The van der Waals surface area contributed by atoms with Crippen molar-refractivity contribution in [3.8, 4) is 0 Å². The summed E-state index contributed by atoms with van der Waals surface area (Å²) in [4.78, 5) is 0. The fourth-order valence-corrected chi connectivity index (χ4v) is 4.31. The second-order valence-corrected chi connectivity index (χ2v) is 7.36. The molecule has 8 heteroatoms. The Morgan fingerprint density at radius 1 is 0.724 bits per heavy atom. The van der Waals surface area contributed by atoms with Crippen LogP contribution in [0.15, 0.2) is 81.4 Å². The maximum Gasteiger partial charge on any atom is 0.133 e. The van der Waals surface area contributed by atoms with Crippen LogP contribution in [0.4, 0.5) is 22.7 Å². The third-order valence-corrected chi connectivity index (χ3v) is 5.81. The number of azo groups is 2. The minimum Gasteiger partial charge on any atom is -0.397 e. The highest BCUT2D eigenvalue weighted by Gasteiger charge is 2.53. The van der Waals surface area contributed by atoms with Crippen LogP contribution in [0.25, 0.3) is 0 Å². The molecule has 2 aromatic rings. The van der Waals surface area contributed by atoms with Crippen LogP contribution in [0.1, 0.15) is 24.5 Å². The second-order valence-electron chi connectivity index (χ2n) is 7.36. The summed E-state index contributed by atoms with van der Waals surface area (Å²) in [5.41, 5.74) is 26.4. The first kappa shape index (κ1) is 18.7. The summed E-state index contributed by atoms with van der Waals surface area (Å²) >= 11 is 0. The van der Waals surface area contributed by atoms with Crippen molar-refractivity contribution in [1.82, 2.24) is 0 Å². The monoisotopic (exact) mass is 388 g/mol. The Morgan fingerprint density at radius 3 is 1.48 bits per heavy atom. The van der Waals surface area contributed by atoms with Crippen molar-refractivity contribution >= 4 is 22.7 Å². The summed E-state index contributed by atoms with van der Waals surface area (Å²) in [5.74, 6) is -0.147. The van der Waals surface area contributed by atoms with Gasteiger partial charge in [-0.05, 0) is 54.0 Å². The van der Waals surface area contributed by atoms with Crippen LogP contribution < -0.4 is 22.9 Å². The van der Waals surface area contributed by atoms with Crippen molar-refractivity contribution in [1.29, 1.82) is 0 Å². The molecule has 4 rings (SSSR count). The molecule has 0 aliphatic carbocycles. The van der Waals surface area contributed by atoms with Crippen LogP contribution in [0.3, 0.4) is 0 Å². The highest BCUT2D eigenvalue weighted by atomic mass is 15.2. The van der Waals surface area contributed by atoms with Gasteiger partial charge >= 0.3 is 0 Å². The zero-order chi connectivity index (χ0) is 20.6. The van der Waals surface area contributed by atoms with Gasteiger partial charge in [0.05, 0.1) is 22.7 Å². The minimum atomic E-state index is -0.777. The van der Waals surface area contributed by atoms with E-state index in [0.717, 1.165) is 17.5 Å². The average Bonchev–Trinajstić information content (AvgIpc) is 3.38. The third kappa shape index (κ3) is 2.75. The predicted octanol–water partition coefficient (Wildman–Crippen LogP) is 4.09. The molecule has 2 unspecified atom stereocenters. The van der Waals surface area contributed by atoms with Gasteiger partial charge in [0.1, 0.15) is 11.1 Å². The molecule has 8 nitrogen and oxygen atoms in total. The molecule has 0 bridgehead atoms. The fraction of sp³-hybridized carbons (Fsp3) is 0.238. The second kappa shape index (κ2) is 6.73. The molecule has 0 radical (unpaired) electrons. The highest BCUT2D eigenvalue weighted by molar-refractivity contribution is 5.66. The lowest BCUT2D eigenvalue weighted by atomic mass is 9.65. The van der Waals surface area contributed by atoms with Gasteiger partial charge in [-0.25, -0.2) is 0 Å². The van der Waals surface area contributed by atoms with Crippen molar-refractivity contribution in [2.45, 2.75) is 24.4 Å². The number of anilines is 4. The highest BCUT2D eigenvalue weighted by Crippen LogP contribution is 2.53. The Bertz CT molecular complexity index is 959. The molecule has 29 heavy (non-hydrogen) atoms. The molecule has 0 saturated carbocycles. The lowest BCUT2D eigenvalue weighted by molar-refractivity contribution is 0.220. The SMILES string of the molecule is CCC(C1(c2ccc(N)c(N)c2)C=CN=N1)C1(c2ccc(N)c(N)c2)C=CN=N1. The molecule has 0 saturated heterocycles. The summed E-state index contributed by atoms with van der Waals surface area (Å²) in [6, 6.07) is 11.2. The van der Waals surface area contributed by atoms with E-state index in [4.69, 9.17) is 22.9 Å². The van der Waals surface area contributed by atoms with Gasteiger partial charge in [-0.15, -0.1) is 0 Å². The van der Waals surface area contributed by atoms with Gasteiger partial charge in [-0.3, -0.25) is 0 Å². The lowest BCUT2D eigenvalue weighted by Crippen LogP contribution is -2.43. The number of rotatable bonds is 5. The van der Waals surface area contributed by atoms with Gasteiger partial charge in [0, 0.05) is 18.3 Å². The van der Waals surface area contributed by atoms with Gasteiger partial charge in [0.25, 0.3) is 0 Å². The normalized spacial score (nSPS) is 25.7. The van der Waals surface area contributed by atoms with Gasteiger partial charge < -0.3 is 22.9 Å². The van der Waals surface area contributed by atoms with Crippen molar-refractivity contribution in [2.75, 3.05) is 22.9 Å². The molecule has 2 aliphatic rings. The van der Waals surface area contributed by atoms with E-state index in [-0.39, 0.29) is 5.92 Å². The average molecular weight is 388 g/mol. The summed E-state index contributed by atoms with van der Waals surface area (Å²) in [5, 5.41) is 17.7. The van der Waals surface area contributed by atoms with Crippen LogP contribution >= 0.6 is 0 Å². The van der Waals surface area contributed by atoms with E-state index in [0.29, 0.717) is 22.7 Å². The number of nitrogens with two attached hydrogens (primary N) is 4. The van der Waals surface area contributed by atoms with Crippen molar-refractivity contribution in [3.05, 3.63) is 72.1 Å². The Labute approximate surface area is 169 Å². The van der Waals surface area contributed by atoms with Gasteiger partial charge in [-0.2, -0.15) is 20.5 Å². The molecule has 0 fully saturated rings. The van der Waals surface area contributed by atoms with E-state index >= 15 is 0 Å². The number of nitrogen functional groups attached to an aromatic ring is 4. The Balaban J connectivity index is 1.93. The zero-order valence-corrected chi connectivity index (χ0v) is 16.2. The smallest absolute Gasteiger partial charge is 0.133 e. The maximum absolute atomic E-state index is 6.12. The first-order valence-corrected chi connectivity index (χ1v) is 9.43. The molecule has 8 N–H and O–H groups in total. The number of benzene rings is 2. The molecular formula is C21H24N8. The standard InChI is InChI=1S/C21H24N8/c1-2-19(20(7-9-26-28-20)13-3-5-15(22)17(24)11-13)21(8-10-27-29-21)14-4-6-16(23)18(25)12-14/h3-12,19H,2,22-25H2,1H3. The quantitative estimate of drug-likeness (QED) is 0.569. The van der Waals surface area contributed by atoms with Crippen LogP contribution in [0.2, 0.25) is 0 Å². The summed E-state index contributed by atoms with van der Waals surface area (Å²) in [7, 11) is 0. The Kier molecular flexibility index (Phi) is 4.34. The molecular weight excluding hydrogens is 364 g/mol. The van der Waals surface area contributed by atoms with E-state index in [1.807, 2.05) is 36.4 Å². The van der Waals surface area contributed by atoms with E-state index in [2.05, 4.69) is 27.4 Å².